The Morgan fingerprint density at radius 3 is 2.52 bits per heavy atom. The summed E-state index contributed by atoms with van der Waals surface area (Å²) in [5.74, 6) is 0.271. The van der Waals surface area contributed by atoms with Gasteiger partial charge in [0.05, 0.1) is 28.9 Å². The molecule has 2 N–H and O–H groups in total. The first-order valence-electron chi connectivity index (χ1n) is 8.78. The van der Waals surface area contributed by atoms with E-state index in [1.165, 1.54) is 12.1 Å². The number of nitrogens with zero attached hydrogens (tertiary/aromatic N) is 4. The number of aromatic nitrogens is 4. The molecule has 0 fully saturated rings. The van der Waals surface area contributed by atoms with E-state index in [1.54, 1.807) is 35.3 Å². The Hall–Kier alpha value is -4.27. The third kappa shape index (κ3) is 4.03. The Bertz CT molecular complexity index is 1130. The number of nitro groups is 1. The monoisotopic (exact) mass is 388 g/mol. The number of para-hydroxylation sites is 1. The fraction of sp³-hybridized carbons (Fsp3) is 0.0500. The highest BCUT2D eigenvalue weighted by Gasteiger charge is 2.17. The molecule has 0 saturated carbocycles. The molecule has 2 aromatic carbocycles. The Balaban J connectivity index is 1.68. The van der Waals surface area contributed by atoms with Crippen LogP contribution in [0.4, 0.5) is 11.5 Å². The quantitative estimate of drug-likeness (QED) is 0.388. The molecule has 29 heavy (non-hydrogen) atoms. The van der Waals surface area contributed by atoms with Gasteiger partial charge >= 0.3 is 0 Å². The highest BCUT2D eigenvalue weighted by Crippen LogP contribution is 2.26. The maximum absolute atomic E-state index is 12.5. The number of aromatic amines is 1. The molecule has 0 aliphatic carbocycles. The topological polar surface area (TPSA) is 119 Å². The van der Waals surface area contributed by atoms with Crippen LogP contribution in [-0.2, 0) is 11.2 Å². The van der Waals surface area contributed by atoms with E-state index in [-0.39, 0.29) is 18.0 Å². The predicted octanol–water partition coefficient (Wildman–Crippen LogP) is 3.35. The first-order chi connectivity index (χ1) is 14.1. The number of amides is 1. The Morgan fingerprint density at radius 1 is 1.10 bits per heavy atom. The number of hydrogen-bond acceptors (Lipinski definition) is 5. The van der Waals surface area contributed by atoms with Crippen LogP contribution in [0.3, 0.4) is 0 Å². The number of carbonyl (C=O) groups excluding carboxylic acids is 1. The molecule has 0 saturated heterocycles. The van der Waals surface area contributed by atoms with Crippen molar-refractivity contribution >= 4 is 17.4 Å². The molecule has 9 nitrogen and oxygen atoms in total. The van der Waals surface area contributed by atoms with Crippen LogP contribution < -0.4 is 5.32 Å². The number of H-pyrrole nitrogens is 1. The molecule has 0 bridgehead atoms. The lowest BCUT2D eigenvalue weighted by Crippen LogP contribution is -2.14. The molecular weight excluding hydrogens is 372 g/mol. The van der Waals surface area contributed by atoms with Gasteiger partial charge in [-0.25, -0.2) is 4.68 Å². The van der Waals surface area contributed by atoms with Crippen LogP contribution in [0.1, 0.15) is 5.56 Å². The fourth-order valence-electron chi connectivity index (χ4n) is 2.93. The summed E-state index contributed by atoms with van der Waals surface area (Å²) in [4.78, 5) is 22.9. The van der Waals surface area contributed by atoms with Gasteiger partial charge < -0.3 is 5.32 Å². The smallest absolute Gasteiger partial charge is 0.269 e. The SMILES string of the molecule is O=C(Cc1cn(-c2ccccc2)nc1-c1ccc([N+](=O)[O-])cc1)Nc1ccn[nH]1. The minimum atomic E-state index is -0.453. The predicted molar refractivity (Wildman–Crippen MR) is 107 cm³/mol. The van der Waals surface area contributed by atoms with Gasteiger partial charge in [0.2, 0.25) is 5.91 Å². The highest BCUT2D eigenvalue weighted by molar-refractivity contribution is 5.92. The summed E-state index contributed by atoms with van der Waals surface area (Å²) < 4.78 is 1.69. The van der Waals surface area contributed by atoms with Gasteiger partial charge in [0.15, 0.2) is 0 Å². The molecular formula is C20H16N6O3. The zero-order valence-electron chi connectivity index (χ0n) is 15.1. The van der Waals surface area contributed by atoms with Crippen molar-refractivity contribution in [1.82, 2.24) is 20.0 Å². The van der Waals surface area contributed by atoms with Gasteiger partial charge in [0.1, 0.15) is 5.82 Å². The third-order valence-electron chi connectivity index (χ3n) is 4.29. The summed E-state index contributed by atoms with van der Waals surface area (Å²) in [6.45, 7) is 0. The first-order valence-corrected chi connectivity index (χ1v) is 8.78. The third-order valence-corrected chi connectivity index (χ3v) is 4.29. The van der Waals surface area contributed by atoms with Gasteiger partial charge in [-0.2, -0.15) is 10.2 Å². The highest BCUT2D eigenvalue weighted by atomic mass is 16.6. The minimum absolute atomic E-state index is 0.00483. The second-order valence-corrected chi connectivity index (χ2v) is 6.28. The number of benzene rings is 2. The van der Waals surface area contributed by atoms with Crippen molar-refractivity contribution in [2.75, 3.05) is 5.32 Å². The van der Waals surface area contributed by atoms with Crippen LogP contribution in [0.2, 0.25) is 0 Å². The summed E-state index contributed by atoms with van der Waals surface area (Å²) >= 11 is 0. The molecule has 2 aromatic heterocycles. The van der Waals surface area contributed by atoms with Crippen molar-refractivity contribution in [1.29, 1.82) is 0 Å². The van der Waals surface area contributed by atoms with Crippen LogP contribution in [0, 0.1) is 10.1 Å². The number of non-ortho nitro benzene ring substituents is 1. The minimum Gasteiger partial charge on any atom is -0.311 e. The molecule has 0 atom stereocenters. The largest absolute Gasteiger partial charge is 0.311 e. The number of nitro benzene ring substituents is 1. The summed E-state index contributed by atoms with van der Waals surface area (Å²) in [6.07, 6.45) is 3.42. The molecule has 144 valence electrons. The zero-order valence-corrected chi connectivity index (χ0v) is 15.1. The second-order valence-electron chi connectivity index (χ2n) is 6.28. The van der Waals surface area contributed by atoms with Crippen LogP contribution in [-0.4, -0.2) is 30.8 Å². The number of rotatable bonds is 6. The molecule has 0 aliphatic rings. The van der Waals surface area contributed by atoms with E-state index in [0.717, 1.165) is 5.69 Å². The van der Waals surface area contributed by atoms with Crippen molar-refractivity contribution < 1.29 is 9.72 Å². The van der Waals surface area contributed by atoms with Crippen molar-refractivity contribution in [2.24, 2.45) is 0 Å². The summed E-state index contributed by atoms with van der Waals surface area (Å²) in [5, 5.41) is 24.8. The van der Waals surface area contributed by atoms with E-state index in [2.05, 4.69) is 20.6 Å². The lowest BCUT2D eigenvalue weighted by molar-refractivity contribution is -0.384. The number of anilines is 1. The van der Waals surface area contributed by atoms with Gasteiger partial charge in [-0.15, -0.1) is 0 Å². The van der Waals surface area contributed by atoms with Crippen LogP contribution >= 0.6 is 0 Å². The van der Waals surface area contributed by atoms with E-state index in [4.69, 9.17) is 0 Å². The molecule has 0 spiro atoms. The Labute approximate surface area is 165 Å². The van der Waals surface area contributed by atoms with Gasteiger partial charge in [0.25, 0.3) is 5.69 Å². The van der Waals surface area contributed by atoms with Crippen LogP contribution in [0.15, 0.2) is 73.1 Å². The molecule has 4 rings (SSSR count). The van der Waals surface area contributed by atoms with Crippen LogP contribution in [0.25, 0.3) is 16.9 Å². The number of hydrogen-bond donors (Lipinski definition) is 2. The standard InChI is InChI=1S/C20H16N6O3/c27-19(22-18-10-11-21-23-18)12-15-13-25(16-4-2-1-3-5-16)24-20(15)14-6-8-17(9-7-14)26(28)29/h1-11,13H,12H2,(H2,21,22,23,27). The number of nitrogens with one attached hydrogen (secondary N) is 2. The van der Waals surface area contributed by atoms with E-state index < -0.39 is 4.92 Å². The molecule has 2 heterocycles. The van der Waals surface area contributed by atoms with Gasteiger partial charge in [-0.1, -0.05) is 18.2 Å². The maximum Gasteiger partial charge on any atom is 0.269 e. The van der Waals surface area contributed by atoms with Crippen molar-refractivity contribution in [3.05, 3.63) is 88.7 Å². The molecule has 1 amide bonds. The van der Waals surface area contributed by atoms with E-state index in [1.807, 2.05) is 30.3 Å². The summed E-state index contributed by atoms with van der Waals surface area (Å²) in [6, 6.07) is 17.3. The van der Waals surface area contributed by atoms with Crippen molar-refractivity contribution in [3.8, 4) is 16.9 Å². The molecule has 4 aromatic rings. The lowest BCUT2D eigenvalue weighted by Gasteiger charge is -2.03. The van der Waals surface area contributed by atoms with E-state index >= 15 is 0 Å². The van der Waals surface area contributed by atoms with Gasteiger partial charge in [-0.3, -0.25) is 20.0 Å². The zero-order chi connectivity index (χ0) is 20.2. The Morgan fingerprint density at radius 2 is 1.86 bits per heavy atom. The van der Waals surface area contributed by atoms with Crippen molar-refractivity contribution in [3.63, 3.8) is 0 Å². The normalized spacial score (nSPS) is 10.6. The average molecular weight is 388 g/mol. The Kier molecular flexibility index (Phi) is 4.85. The van der Waals surface area contributed by atoms with Crippen molar-refractivity contribution in [2.45, 2.75) is 6.42 Å². The van der Waals surface area contributed by atoms with E-state index in [9.17, 15) is 14.9 Å². The lowest BCUT2D eigenvalue weighted by atomic mass is 10.1. The summed E-state index contributed by atoms with van der Waals surface area (Å²) in [5.41, 5.74) is 2.81. The molecule has 0 radical (unpaired) electrons. The van der Waals surface area contributed by atoms with Crippen LogP contribution in [0.5, 0.6) is 0 Å². The molecule has 9 heteroatoms. The molecule has 0 aliphatic heterocycles. The van der Waals surface area contributed by atoms with Gasteiger partial charge in [-0.05, 0) is 24.3 Å². The second kappa shape index (κ2) is 7.77. The van der Waals surface area contributed by atoms with E-state index in [0.29, 0.717) is 22.6 Å². The first kappa shape index (κ1) is 18.1. The van der Waals surface area contributed by atoms with Gasteiger partial charge in [0, 0.05) is 35.5 Å². The molecule has 0 unspecified atom stereocenters. The number of carbonyl (C=O) groups is 1. The summed E-state index contributed by atoms with van der Waals surface area (Å²) in [7, 11) is 0. The maximum atomic E-state index is 12.5. The fourth-order valence-corrected chi connectivity index (χ4v) is 2.93. The average Bonchev–Trinajstić information content (AvgIpc) is 3.39.